The molecule has 0 radical (unpaired) electrons. The first-order chi connectivity index (χ1) is 10.3. The van der Waals surface area contributed by atoms with Gasteiger partial charge in [0, 0.05) is 37.5 Å². The Morgan fingerprint density at radius 3 is 2.59 bits per heavy atom. The Labute approximate surface area is 129 Å². The van der Waals surface area contributed by atoms with Crippen molar-refractivity contribution in [2.75, 3.05) is 37.1 Å². The van der Waals surface area contributed by atoms with E-state index in [4.69, 9.17) is 4.74 Å². The summed E-state index contributed by atoms with van der Waals surface area (Å²) in [5.41, 5.74) is -0.475. The lowest BCUT2D eigenvalue weighted by Crippen LogP contribution is -2.41. The molecule has 122 valence electrons. The van der Waals surface area contributed by atoms with Gasteiger partial charge in [0.05, 0.1) is 10.7 Å². The van der Waals surface area contributed by atoms with Crippen LogP contribution in [-0.4, -0.2) is 50.1 Å². The van der Waals surface area contributed by atoms with Crippen molar-refractivity contribution in [3.63, 3.8) is 0 Å². The molecular weight excluding hydrogens is 310 g/mol. The van der Waals surface area contributed by atoms with E-state index < -0.39 is 20.2 Å². The van der Waals surface area contributed by atoms with E-state index in [0.29, 0.717) is 38.4 Å². The predicted molar refractivity (Wildman–Crippen MR) is 81.6 cm³/mol. The standard InChI is InChI=1S/C13H19N3O5S/c1-22(19,20)10-13(4-6-21-7-5-13)9-15-12-3-2-11(8-14-12)16(17)18/h2-3,8H,4-7,9-10H2,1H3,(H,14,15). The smallest absolute Gasteiger partial charge is 0.287 e. The number of ether oxygens (including phenoxy) is 1. The second-order valence-electron chi connectivity index (χ2n) is 5.69. The third-order valence-electron chi connectivity index (χ3n) is 3.73. The van der Waals surface area contributed by atoms with Crippen LogP contribution in [0.4, 0.5) is 11.5 Å². The van der Waals surface area contributed by atoms with E-state index in [1.165, 1.54) is 24.6 Å². The van der Waals surface area contributed by atoms with Gasteiger partial charge in [-0.3, -0.25) is 10.1 Å². The van der Waals surface area contributed by atoms with E-state index in [0.717, 1.165) is 0 Å². The van der Waals surface area contributed by atoms with Crippen LogP contribution in [0.5, 0.6) is 0 Å². The zero-order chi connectivity index (χ0) is 16.2. The lowest BCUT2D eigenvalue weighted by atomic mass is 9.82. The monoisotopic (exact) mass is 329 g/mol. The SMILES string of the molecule is CS(=O)(=O)CC1(CNc2ccc([N+](=O)[O-])cn2)CCOCC1. The van der Waals surface area contributed by atoms with Crippen molar-refractivity contribution in [3.8, 4) is 0 Å². The van der Waals surface area contributed by atoms with E-state index in [-0.39, 0.29) is 11.4 Å². The Morgan fingerprint density at radius 1 is 1.41 bits per heavy atom. The first kappa shape index (κ1) is 16.6. The number of hydrogen-bond acceptors (Lipinski definition) is 7. The van der Waals surface area contributed by atoms with E-state index >= 15 is 0 Å². The van der Waals surface area contributed by atoms with Gasteiger partial charge in [0.15, 0.2) is 0 Å². The molecule has 2 heterocycles. The summed E-state index contributed by atoms with van der Waals surface area (Å²) in [7, 11) is -3.11. The minimum atomic E-state index is -3.11. The van der Waals surface area contributed by atoms with E-state index in [1.807, 2.05) is 0 Å². The molecule has 0 amide bonds. The lowest BCUT2D eigenvalue weighted by molar-refractivity contribution is -0.385. The maximum atomic E-state index is 11.7. The van der Waals surface area contributed by atoms with Crippen LogP contribution >= 0.6 is 0 Å². The predicted octanol–water partition coefficient (Wildman–Crippen LogP) is 1.24. The van der Waals surface area contributed by atoms with E-state index in [1.54, 1.807) is 0 Å². The number of pyridine rings is 1. The van der Waals surface area contributed by atoms with Crippen LogP contribution in [0.3, 0.4) is 0 Å². The molecule has 1 fully saturated rings. The Kier molecular flexibility index (Phi) is 4.97. The summed E-state index contributed by atoms with van der Waals surface area (Å²) in [6.07, 6.45) is 3.71. The largest absolute Gasteiger partial charge is 0.381 e. The normalized spacial score (nSPS) is 17.9. The van der Waals surface area contributed by atoms with Crippen LogP contribution in [0, 0.1) is 15.5 Å². The molecule has 9 heteroatoms. The number of sulfone groups is 1. The van der Waals surface area contributed by atoms with Gasteiger partial charge in [-0.25, -0.2) is 13.4 Å². The summed E-state index contributed by atoms with van der Waals surface area (Å²) in [6.45, 7) is 1.50. The average molecular weight is 329 g/mol. The molecule has 0 unspecified atom stereocenters. The molecule has 22 heavy (non-hydrogen) atoms. The highest BCUT2D eigenvalue weighted by atomic mass is 32.2. The number of rotatable bonds is 6. The molecule has 0 saturated carbocycles. The number of nitrogens with one attached hydrogen (secondary N) is 1. The number of hydrogen-bond donors (Lipinski definition) is 1. The van der Waals surface area contributed by atoms with Gasteiger partial charge < -0.3 is 10.1 Å². The molecular formula is C13H19N3O5S. The molecule has 1 aliphatic heterocycles. The van der Waals surface area contributed by atoms with Crippen LogP contribution in [0.15, 0.2) is 18.3 Å². The fourth-order valence-electron chi connectivity index (χ4n) is 2.61. The maximum Gasteiger partial charge on any atom is 0.287 e. The number of nitrogens with zero attached hydrogens (tertiary/aromatic N) is 2. The molecule has 0 spiro atoms. The van der Waals surface area contributed by atoms with E-state index in [9.17, 15) is 18.5 Å². The second-order valence-corrected chi connectivity index (χ2v) is 7.83. The quantitative estimate of drug-likeness (QED) is 0.617. The van der Waals surface area contributed by atoms with Crippen molar-refractivity contribution in [1.82, 2.24) is 4.98 Å². The molecule has 1 N–H and O–H groups in total. The fraction of sp³-hybridized carbons (Fsp3) is 0.615. The molecule has 8 nitrogen and oxygen atoms in total. The lowest BCUT2D eigenvalue weighted by Gasteiger charge is -2.36. The number of nitro groups is 1. The molecule has 0 bridgehead atoms. The zero-order valence-corrected chi connectivity index (χ0v) is 13.1. The van der Waals surface area contributed by atoms with Crippen molar-refractivity contribution >= 4 is 21.3 Å². The molecule has 0 aliphatic carbocycles. The van der Waals surface area contributed by atoms with Crippen LogP contribution in [0.25, 0.3) is 0 Å². The van der Waals surface area contributed by atoms with Crippen molar-refractivity contribution < 1.29 is 18.1 Å². The Bertz CT molecular complexity index is 624. The van der Waals surface area contributed by atoms with Crippen molar-refractivity contribution in [2.45, 2.75) is 12.8 Å². The second kappa shape index (κ2) is 6.57. The summed E-state index contributed by atoms with van der Waals surface area (Å²) in [5, 5.41) is 13.7. The van der Waals surface area contributed by atoms with Gasteiger partial charge in [-0.2, -0.15) is 0 Å². The first-order valence-corrected chi connectivity index (χ1v) is 8.96. The molecule has 1 aromatic rings. The van der Waals surface area contributed by atoms with Gasteiger partial charge in [0.2, 0.25) is 0 Å². The summed E-state index contributed by atoms with van der Waals surface area (Å²) in [6, 6.07) is 2.88. The molecule has 0 atom stereocenters. The third-order valence-corrected chi connectivity index (χ3v) is 4.86. The Morgan fingerprint density at radius 2 is 2.09 bits per heavy atom. The Balaban J connectivity index is 2.06. The fourth-order valence-corrected chi connectivity index (χ4v) is 4.11. The van der Waals surface area contributed by atoms with Crippen molar-refractivity contribution in [3.05, 3.63) is 28.4 Å². The summed E-state index contributed by atoms with van der Waals surface area (Å²) in [4.78, 5) is 14.1. The van der Waals surface area contributed by atoms with Gasteiger partial charge in [-0.05, 0) is 18.9 Å². The minimum absolute atomic E-state index is 0.0811. The number of anilines is 1. The third kappa shape index (κ3) is 4.63. The molecule has 2 rings (SSSR count). The van der Waals surface area contributed by atoms with Gasteiger partial charge in [-0.15, -0.1) is 0 Å². The highest BCUT2D eigenvalue weighted by Gasteiger charge is 2.35. The van der Waals surface area contributed by atoms with Crippen molar-refractivity contribution in [2.24, 2.45) is 5.41 Å². The van der Waals surface area contributed by atoms with E-state index in [2.05, 4.69) is 10.3 Å². The van der Waals surface area contributed by atoms with Gasteiger partial charge >= 0.3 is 0 Å². The van der Waals surface area contributed by atoms with Crippen LogP contribution in [0.1, 0.15) is 12.8 Å². The summed E-state index contributed by atoms with van der Waals surface area (Å²) >= 11 is 0. The molecule has 0 aromatic carbocycles. The average Bonchev–Trinajstić information content (AvgIpc) is 2.45. The topological polar surface area (TPSA) is 111 Å². The van der Waals surface area contributed by atoms with Gasteiger partial charge in [-0.1, -0.05) is 0 Å². The van der Waals surface area contributed by atoms with Crippen LogP contribution < -0.4 is 5.32 Å². The highest BCUT2D eigenvalue weighted by Crippen LogP contribution is 2.32. The minimum Gasteiger partial charge on any atom is -0.381 e. The maximum absolute atomic E-state index is 11.7. The first-order valence-electron chi connectivity index (χ1n) is 6.90. The van der Waals surface area contributed by atoms with Gasteiger partial charge in [0.1, 0.15) is 21.9 Å². The molecule has 1 saturated heterocycles. The zero-order valence-electron chi connectivity index (χ0n) is 12.3. The van der Waals surface area contributed by atoms with Crippen LogP contribution in [-0.2, 0) is 14.6 Å². The number of aromatic nitrogens is 1. The van der Waals surface area contributed by atoms with Crippen molar-refractivity contribution in [1.29, 1.82) is 0 Å². The highest BCUT2D eigenvalue weighted by molar-refractivity contribution is 7.90. The summed E-state index contributed by atoms with van der Waals surface area (Å²) in [5.74, 6) is 0.577. The van der Waals surface area contributed by atoms with Crippen LogP contribution in [0.2, 0.25) is 0 Å². The summed E-state index contributed by atoms with van der Waals surface area (Å²) < 4.78 is 28.7. The Hall–Kier alpha value is -1.74. The molecule has 1 aromatic heterocycles. The molecule has 1 aliphatic rings. The van der Waals surface area contributed by atoms with Gasteiger partial charge in [0.25, 0.3) is 5.69 Å².